The van der Waals surface area contributed by atoms with Crippen LogP contribution in [0.25, 0.3) is 0 Å². The van der Waals surface area contributed by atoms with E-state index in [0.717, 1.165) is 16.9 Å². The van der Waals surface area contributed by atoms with Gasteiger partial charge in [0.15, 0.2) is 5.16 Å². The van der Waals surface area contributed by atoms with Gasteiger partial charge in [0.2, 0.25) is 0 Å². The molecule has 0 amide bonds. The molecule has 0 aliphatic heterocycles. The molecule has 0 aliphatic carbocycles. The van der Waals surface area contributed by atoms with Crippen LogP contribution in [0.2, 0.25) is 5.02 Å². The predicted octanol–water partition coefficient (Wildman–Crippen LogP) is 2.46. The lowest BCUT2D eigenvalue weighted by molar-refractivity contribution is 0.729. The first-order valence-corrected chi connectivity index (χ1v) is 7.01. The molecule has 0 saturated heterocycles. The lowest BCUT2D eigenvalue weighted by Crippen LogP contribution is -2.18. The Hall–Kier alpha value is -1.30. The summed E-state index contributed by atoms with van der Waals surface area (Å²) in [6.45, 7) is 1.94. The van der Waals surface area contributed by atoms with E-state index in [1.54, 1.807) is 0 Å². The van der Waals surface area contributed by atoms with Crippen LogP contribution in [-0.2, 0) is 6.42 Å². The number of aromatic amines is 1. The zero-order valence-electron chi connectivity index (χ0n) is 10.4. The van der Waals surface area contributed by atoms with Crippen molar-refractivity contribution in [3.63, 3.8) is 0 Å². The van der Waals surface area contributed by atoms with Gasteiger partial charge in [0.1, 0.15) is 0 Å². The molecular weight excluding hydrogens is 282 g/mol. The van der Waals surface area contributed by atoms with Gasteiger partial charge in [-0.3, -0.25) is 4.79 Å². The molecule has 3 N–H and O–H groups in total. The zero-order chi connectivity index (χ0) is 13.8. The van der Waals surface area contributed by atoms with E-state index in [-0.39, 0.29) is 11.6 Å². The van der Waals surface area contributed by atoms with Gasteiger partial charge < -0.3 is 10.7 Å². The molecule has 2 aromatic rings. The van der Waals surface area contributed by atoms with E-state index in [2.05, 4.69) is 9.97 Å². The maximum absolute atomic E-state index is 11.2. The van der Waals surface area contributed by atoms with E-state index in [1.807, 2.05) is 25.1 Å². The number of benzene rings is 1. The molecule has 0 saturated carbocycles. The van der Waals surface area contributed by atoms with Crippen molar-refractivity contribution in [2.24, 2.45) is 5.73 Å². The monoisotopic (exact) mass is 295 g/mol. The summed E-state index contributed by atoms with van der Waals surface area (Å²) in [5.74, 6) is 0. The fourth-order valence-electron chi connectivity index (χ4n) is 1.66. The Bertz CT molecular complexity index is 627. The minimum absolute atomic E-state index is 0.0422. The minimum Gasteiger partial charge on any atom is -0.328 e. The Kier molecular flexibility index (Phi) is 4.63. The summed E-state index contributed by atoms with van der Waals surface area (Å²) in [4.78, 5) is 19.0. The van der Waals surface area contributed by atoms with Crippen molar-refractivity contribution in [2.75, 3.05) is 0 Å². The number of rotatable bonds is 4. The average Bonchev–Trinajstić information content (AvgIpc) is 2.32. The highest BCUT2D eigenvalue weighted by molar-refractivity contribution is 7.99. The lowest BCUT2D eigenvalue weighted by atomic mass is 10.1. The Morgan fingerprint density at radius 3 is 2.95 bits per heavy atom. The van der Waals surface area contributed by atoms with Crippen molar-refractivity contribution >= 4 is 23.4 Å². The number of hydrogen-bond acceptors (Lipinski definition) is 4. The zero-order valence-corrected chi connectivity index (χ0v) is 12.0. The summed E-state index contributed by atoms with van der Waals surface area (Å²) in [6, 6.07) is 7.05. The first-order valence-electron chi connectivity index (χ1n) is 5.82. The smallest absolute Gasteiger partial charge is 0.251 e. The van der Waals surface area contributed by atoms with Crippen molar-refractivity contribution < 1.29 is 0 Å². The topological polar surface area (TPSA) is 71.8 Å². The number of nitrogens with two attached hydrogens (primary N) is 1. The van der Waals surface area contributed by atoms with E-state index >= 15 is 0 Å². The second-order valence-electron chi connectivity index (χ2n) is 4.27. The van der Waals surface area contributed by atoms with Crippen LogP contribution < -0.4 is 11.3 Å². The number of halogens is 1. The Balaban J connectivity index is 2.31. The third-order valence-corrected chi connectivity index (χ3v) is 3.67. The first kappa shape index (κ1) is 14.1. The van der Waals surface area contributed by atoms with Crippen molar-refractivity contribution in [1.82, 2.24) is 9.97 Å². The SMILES string of the molecule is CC(N)Cc1cc(Cl)ccc1Sc1nccc(=O)[nH]1. The summed E-state index contributed by atoms with van der Waals surface area (Å²) in [5.41, 5.74) is 6.72. The van der Waals surface area contributed by atoms with E-state index < -0.39 is 0 Å². The van der Waals surface area contributed by atoms with Crippen LogP contribution in [-0.4, -0.2) is 16.0 Å². The van der Waals surface area contributed by atoms with Crippen LogP contribution in [0, 0.1) is 0 Å². The summed E-state index contributed by atoms with van der Waals surface area (Å²) >= 11 is 7.40. The highest BCUT2D eigenvalue weighted by Crippen LogP contribution is 2.30. The second-order valence-corrected chi connectivity index (χ2v) is 5.74. The van der Waals surface area contributed by atoms with Crippen LogP contribution in [0.1, 0.15) is 12.5 Å². The van der Waals surface area contributed by atoms with Gasteiger partial charge in [-0.15, -0.1) is 0 Å². The van der Waals surface area contributed by atoms with Crippen LogP contribution in [0.3, 0.4) is 0 Å². The number of nitrogens with zero attached hydrogens (tertiary/aromatic N) is 1. The van der Waals surface area contributed by atoms with Crippen molar-refractivity contribution in [3.05, 3.63) is 51.4 Å². The molecule has 0 aliphatic rings. The Labute approximate surface area is 120 Å². The number of nitrogens with one attached hydrogen (secondary N) is 1. The second kappa shape index (κ2) is 6.23. The lowest BCUT2D eigenvalue weighted by Gasteiger charge is -2.11. The molecule has 100 valence electrons. The first-order chi connectivity index (χ1) is 9.04. The maximum atomic E-state index is 11.2. The summed E-state index contributed by atoms with van der Waals surface area (Å²) < 4.78 is 0. The molecule has 1 aromatic heterocycles. The standard InChI is InChI=1S/C13H14ClN3OS/c1-8(15)6-9-7-10(14)2-3-11(9)19-13-16-5-4-12(18)17-13/h2-5,7-8H,6,15H2,1H3,(H,16,17,18). The molecule has 1 atom stereocenters. The molecule has 0 bridgehead atoms. The maximum Gasteiger partial charge on any atom is 0.251 e. The fourth-order valence-corrected chi connectivity index (χ4v) is 2.74. The molecule has 1 heterocycles. The van der Waals surface area contributed by atoms with Gasteiger partial charge in [-0.05, 0) is 37.1 Å². The number of hydrogen-bond donors (Lipinski definition) is 2. The molecule has 1 unspecified atom stereocenters. The fraction of sp³-hybridized carbons (Fsp3) is 0.231. The van der Waals surface area contributed by atoms with E-state index in [0.29, 0.717) is 10.2 Å². The van der Waals surface area contributed by atoms with Gasteiger partial charge in [-0.25, -0.2) is 4.98 Å². The number of aromatic nitrogens is 2. The molecule has 4 nitrogen and oxygen atoms in total. The molecular formula is C13H14ClN3OS. The highest BCUT2D eigenvalue weighted by atomic mass is 35.5. The molecule has 0 spiro atoms. The minimum atomic E-state index is -0.166. The van der Waals surface area contributed by atoms with Gasteiger partial charge in [0, 0.05) is 28.2 Å². The third-order valence-electron chi connectivity index (χ3n) is 2.42. The predicted molar refractivity (Wildman–Crippen MR) is 77.8 cm³/mol. The average molecular weight is 296 g/mol. The summed E-state index contributed by atoms with van der Waals surface area (Å²) in [7, 11) is 0. The van der Waals surface area contributed by atoms with Gasteiger partial charge >= 0.3 is 0 Å². The molecule has 1 aromatic carbocycles. The van der Waals surface area contributed by atoms with Gasteiger partial charge in [0.25, 0.3) is 5.56 Å². The largest absolute Gasteiger partial charge is 0.328 e. The van der Waals surface area contributed by atoms with Gasteiger partial charge in [-0.1, -0.05) is 23.4 Å². The summed E-state index contributed by atoms with van der Waals surface area (Å²) in [6.07, 6.45) is 2.21. The molecule has 0 fully saturated rings. The molecule has 0 radical (unpaired) electrons. The third kappa shape index (κ3) is 4.09. The van der Waals surface area contributed by atoms with Crippen molar-refractivity contribution in [2.45, 2.75) is 29.4 Å². The summed E-state index contributed by atoms with van der Waals surface area (Å²) in [5, 5.41) is 1.23. The Morgan fingerprint density at radius 2 is 2.26 bits per heavy atom. The van der Waals surface area contributed by atoms with Crippen molar-refractivity contribution in [3.8, 4) is 0 Å². The van der Waals surface area contributed by atoms with Crippen LogP contribution in [0.15, 0.2) is 45.3 Å². The molecule has 19 heavy (non-hydrogen) atoms. The quantitative estimate of drug-likeness (QED) is 0.850. The van der Waals surface area contributed by atoms with E-state index in [1.165, 1.54) is 24.0 Å². The highest BCUT2D eigenvalue weighted by Gasteiger charge is 2.09. The van der Waals surface area contributed by atoms with Gasteiger partial charge in [0.05, 0.1) is 0 Å². The van der Waals surface area contributed by atoms with Gasteiger partial charge in [-0.2, -0.15) is 0 Å². The van der Waals surface area contributed by atoms with Crippen LogP contribution >= 0.6 is 23.4 Å². The normalized spacial score (nSPS) is 12.4. The number of H-pyrrole nitrogens is 1. The molecule has 6 heteroatoms. The van der Waals surface area contributed by atoms with E-state index in [9.17, 15) is 4.79 Å². The Morgan fingerprint density at radius 1 is 1.47 bits per heavy atom. The van der Waals surface area contributed by atoms with E-state index in [4.69, 9.17) is 17.3 Å². The van der Waals surface area contributed by atoms with Crippen molar-refractivity contribution in [1.29, 1.82) is 0 Å². The van der Waals surface area contributed by atoms with Crippen LogP contribution in [0.4, 0.5) is 0 Å². The van der Waals surface area contributed by atoms with Crippen LogP contribution in [0.5, 0.6) is 0 Å². The molecule has 2 rings (SSSR count).